The van der Waals surface area contributed by atoms with E-state index in [2.05, 4.69) is 17.2 Å². The number of nitrogens with one attached hydrogen (secondary N) is 1. The summed E-state index contributed by atoms with van der Waals surface area (Å²) in [5.41, 5.74) is 2.39. The molecule has 0 aromatic heterocycles. The number of hydrogen-bond acceptors (Lipinski definition) is 3. The SMILES string of the molecule is Cc1cc(C(=O)NC(C)C2CCOC2)ccc1C#CCO. The third kappa shape index (κ3) is 4.07. The number of rotatable bonds is 3. The zero-order chi connectivity index (χ0) is 15.2. The van der Waals surface area contributed by atoms with E-state index >= 15 is 0 Å². The van der Waals surface area contributed by atoms with Crippen LogP contribution in [0.25, 0.3) is 0 Å². The largest absolute Gasteiger partial charge is 0.384 e. The lowest BCUT2D eigenvalue weighted by Gasteiger charge is -2.19. The van der Waals surface area contributed by atoms with Gasteiger partial charge in [-0.05, 0) is 44.0 Å². The van der Waals surface area contributed by atoms with Gasteiger partial charge >= 0.3 is 0 Å². The molecule has 1 aliphatic rings. The van der Waals surface area contributed by atoms with Crippen LogP contribution in [0.5, 0.6) is 0 Å². The van der Waals surface area contributed by atoms with Gasteiger partial charge in [0, 0.05) is 29.7 Å². The smallest absolute Gasteiger partial charge is 0.251 e. The first kappa shape index (κ1) is 15.6. The highest BCUT2D eigenvalue weighted by Gasteiger charge is 2.23. The van der Waals surface area contributed by atoms with Gasteiger partial charge in [0.25, 0.3) is 5.91 Å². The Balaban J connectivity index is 2.03. The zero-order valence-electron chi connectivity index (χ0n) is 12.5. The second-order valence-corrected chi connectivity index (χ2v) is 5.38. The van der Waals surface area contributed by atoms with Crippen LogP contribution in [0.3, 0.4) is 0 Å². The van der Waals surface area contributed by atoms with E-state index in [0.717, 1.165) is 30.8 Å². The van der Waals surface area contributed by atoms with Gasteiger partial charge < -0.3 is 15.2 Å². The fourth-order valence-corrected chi connectivity index (χ4v) is 2.43. The fraction of sp³-hybridized carbons (Fsp3) is 0.471. The molecule has 1 amide bonds. The van der Waals surface area contributed by atoms with Crippen molar-refractivity contribution in [3.05, 3.63) is 34.9 Å². The second-order valence-electron chi connectivity index (χ2n) is 5.38. The van der Waals surface area contributed by atoms with Gasteiger partial charge in [-0.2, -0.15) is 0 Å². The first-order valence-electron chi connectivity index (χ1n) is 7.21. The normalized spacial score (nSPS) is 18.7. The number of amides is 1. The summed E-state index contributed by atoms with van der Waals surface area (Å²) in [7, 11) is 0. The Morgan fingerprint density at radius 2 is 2.38 bits per heavy atom. The van der Waals surface area contributed by atoms with E-state index in [1.165, 1.54) is 0 Å². The molecule has 0 saturated carbocycles. The number of carbonyl (C=O) groups excluding carboxylic acids is 1. The molecule has 0 aliphatic carbocycles. The molecule has 1 aromatic carbocycles. The van der Waals surface area contributed by atoms with Crippen molar-refractivity contribution in [3.63, 3.8) is 0 Å². The van der Waals surface area contributed by atoms with Crippen molar-refractivity contribution in [1.82, 2.24) is 5.32 Å². The predicted octanol–water partition coefficient (Wildman–Crippen LogP) is 1.49. The summed E-state index contributed by atoms with van der Waals surface area (Å²) in [4.78, 5) is 12.3. The van der Waals surface area contributed by atoms with Gasteiger partial charge in [0.1, 0.15) is 6.61 Å². The summed E-state index contributed by atoms with van der Waals surface area (Å²) in [6, 6.07) is 5.51. The average molecular weight is 287 g/mol. The van der Waals surface area contributed by atoms with Crippen molar-refractivity contribution in [1.29, 1.82) is 0 Å². The summed E-state index contributed by atoms with van der Waals surface area (Å²) in [6.45, 7) is 5.26. The van der Waals surface area contributed by atoms with Gasteiger partial charge in [0.2, 0.25) is 0 Å². The molecule has 21 heavy (non-hydrogen) atoms. The van der Waals surface area contributed by atoms with E-state index in [-0.39, 0.29) is 18.6 Å². The Morgan fingerprint density at radius 1 is 1.57 bits per heavy atom. The number of ether oxygens (including phenoxy) is 1. The van der Waals surface area contributed by atoms with Crippen molar-refractivity contribution in [2.24, 2.45) is 5.92 Å². The van der Waals surface area contributed by atoms with Gasteiger partial charge in [0.15, 0.2) is 0 Å². The van der Waals surface area contributed by atoms with Crippen LogP contribution in [-0.2, 0) is 4.74 Å². The highest BCUT2D eigenvalue weighted by atomic mass is 16.5. The molecular weight excluding hydrogens is 266 g/mol. The van der Waals surface area contributed by atoms with Gasteiger partial charge in [-0.25, -0.2) is 0 Å². The Morgan fingerprint density at radius 3 is 3.00 bits per heavy atom. The molecular formula is C17H21NO3. The Labute approximate surface area is 125 Å². The van der Waals surface area contributed by atoms with Crippen LogP contribution in [0.1, 0.15) is 34.8 Å². The Bertz CT molecular complexity index is 565. The Kier molecular flexibility index (Phi) is 5.38. The van der Waals surface area contributed by atoms with Crippen LogP contribution in [0.4, 0.5) is 0 Å². The van der Waals surface area contributed by atoms with E-state index < -0.39 is 0 Å². The minimum atomic E-state index is -0.164. The van der Waals surface area contributed by atoms with Crippen LogP contribution in [-0.4, -0.2) is 36.9 Å². The molecule has 4 heteroatoms. The first-order valence-corrected chi connectivity index (χ1v) is 7.21. The van der Waals surface area contributed by atoms with Crippen molar-refractivity contribution >= 4 is 5.91 Å². The quantitative estimate of drug-likeness (QED) is 0.828. The Hall–Kier alpha value is -1.83. The first-order chi connectivity index (χ1) is 10.1. The van der Waals surface area contributed by atoms with Gasteiger partial charge in [-0.3, -0.25) is 4.79 Å². The lowest BCUT2D eigenvalue weighted by Crippen LogP contribution is -2.38. The molecule has 112 valence electrons. The summed E-state index contributed by atoms with van der Waals surface area (Å²) in [5.74, 6) is 5.80. The molecule has 1 aliphatic heterocycles. The standard InChI is InChI=1S/C17H21NO3/c1-12-10-15(6-5-14(12)4-3-8-19)17(20)18-13(2)16-7-9-21-11-16/h5-6,10,13,16,19H,7-9,11H2,1-2H3,(H,18,20). The number of hydrogen-bond donors (Lipinski definition) is 2. The van der Waals surface area contributed by atoms with Crippen LogP contribution >= 0.6 is 0 Å². The molecule has 2 rings (SSSR count). The van der Waals surface area contributed by atoms with Crippen molar-refractivity contribution in [3.8, 4) is 11.8 Å². The van der Waals surface area contributed by atoms with E-state index in [1.54, 1.807) is 6.07 Å². The molecule has 1 aromatic rings. The summed E-state index contributed by atoms with van der Waals surface area (Å²) >= 11 is 0. The van der Waals surface area contributed by atoms with Crippen LogP contribution in [0.2, 0.25) is 0 Å². The summed E-state index contributed by atoms with van der Waals surface area (Å²) in [5, 5.41) is 11.7. The van der Waals surface area contributed by atoms with E-state index in [1.807, 2.05) is 26.0 Å². The lowest BCUT2D eigenvalue weighted by molar-refractivity contribution is 0.0922. The topological polar surface area (TPSA) is 58.6 Å². The van der Waals surface area contributed by atoms with Crippen LogP contribution in [0.15, 0.2) is 18.2 Å². The minimum Gasteiger partial charge on any atom is -0.384 e. The average Bonchev–Trinajstić information content (AvgIpc) is 3.00. The third-order valence-corrected chi connectivity index (χ3v) is 3.82. The molecule has 4 nitrogen and oxygen atoms in total. The number of carbonyl (C=O) groups is 1. The predicted molar refractivity (Wildman–Crippen MR) is 81.0 cm³/mol. The van der Waals surface area contributed by atoms with Gasteiger partial charge in [0.05, 0.1) is 6.61 Å². The molecule has 1 fully saturated rings. The van der Waals surface area contributed by atoms with E-state index in [4.69, 9.17) is 9.84 Å². The monoisotopic (exact) mass is 287 g/mol. The van der Waals surface area contributed by atoms with Gasteiger partial charge in [-0.15, -0.1) is 0 Å². The van der Waals surface area contributed by atoms with Gasteiger partial charge in [-0.1, -0.05) is 11.8 Å². The molecule has 1 saturated heterocycles. The molecule has 0 bridgehead atoms. The maximum atomic E-state index is 12.3. The van der Waals surface area contributed by atoms with E-state index in [0.29, 0.717) is 11.5 Å². The third-order valence-electron chi connectivity index (χ3n) is 3.82. The minimum absolute atomic E-state index is 0.0702. The summed E-state index contributed by atoms with van der Waals surface area (Å²) in [6.07, 6.45) is 0.996. The number of aliphatic hydroxyl groups excluding tert-OH is 1. The van der Waals surface area contributed by atoms with Crippen molar-refractivity contribution < 1.29 is 14.6 Å². The number of aryl methyl sites for hydroxylation is 1. The van der Waals surface area contributed by atoms with E-state index in [9.17, 15) is 4.79 Å². The molecule has 2 N–H and O–H groups in total. The van der Waals surface area contributed by atoms with Crippen LogP contribution < -0.4 is 5.32 Å². The summed E-state index contributed by atoms with van der Waals surface area (Å²) < 4.78 is 5.35. The molecule has 2 atom stereocenters. The van der Waals surface area contributed by atoms with Crippen molar-refractivity contribution in [2.75, 3.05) is 19.8 Å². The maximum absolute atomic E-state index is 12.3. The molecule has 1 heterocycles. The molecule has 0 radical (unpaired) electrons. The molecule has 2 unspecified atom stereocenters. The van der Waals surface area contributed by atoms with Crippen LogP contribution in [0, 0.1) is 24.7 Å². The maximum Gasteiger partial charge on any atom is 0.251 e. The fourth-order valence-electron chi connectivity index (χ4n) is 2.43. The van der Waals surface area contributed by atoms with Crippen molar-refractivity contribution in [2.45, 2.75) is 26.3 Å². The highest BCUT2D eigenvalue weighted by molar-refractivity contribution is 5.94. The number of aliphatic hydroxyl groups is 1. The zero-order valence-corrected chi connectivity index (χ0v) is 12.5. The molecule has 0 spiro atoms. The highest BCUT2D eigenvalue weighted by Crippen LogP contribution is 2.17. The second kappa shape index (κ2) is 7.26. The lowest BCUT2D eigenvalue weighted by atomic mass is 9.99. The number of benzene rings is 1.